The molecule has 0 heterocycles. The van der Waals surface area contributed by atoms with Gasteiger partial charge in [0.15, 0.2) is 17.4 Å². The second kappa shape index (κ2) is 7.40. The molecule has 1 unspecified atom stereocenters. The first-order valence-electron chi connectivity index (χ1n) is 6.31. The van der Waals surface area contributed by atoms with Crippen molar-refractivity contribution in [1.29, 1.82) is 0 Å². The van der Waals surface area contributed by atoms with E-state index in [1.807, 2.05) is 13.8 Å². The van der Waals surface area contributed by atoms with Crippen molar-refractivity contribution in [2.45, 2.75) is 39.5 Å². The molecule has 1 aromatic carbocycles. The van der Waals surface area contributed by atoms with E-state index < -0.39 is 17.7 Å². The van der Waals surface area contributed by atoms with Gasteiger partial charge >= 0.3 is 0 Å². The fourth-order valence-corrected chi connectivity index (χ4v) is 1.62. The van der Waals surface area contributed by atoms with Crippen molar-refractivity contribution in [3.8, 4) is 5.75 Å². The third-order valence-corrected chi connectivity index (χ3v) is 2.49. The van der Waals surface area contributed by atoms with Gasteiger partial charge in [-0.15, -0.1) is 0 Å². The molecule has 0 bridgehead atoms. The molecule has 0 fully saturated rings. The van der Waals surface area contributed by atoms with Gasteiger partial charge in [-0.3, -0.25) is 0 Å². The average Bonchev–Trinajstić information content (AvgIpc) is 2.31. The monoisotopic (exact) mass is 273 g/mol. The SMILES string of the molecule is COCC(C)Oc1c(F)cc(CNC(C)C)cc1F. The first-order valence-corrected chi connectivity index (χ1v) is 6.31. The highest BCUT2D eigenvalue weighted by Crippen LogP contribution is 2.24. The summed E-state index contributed by atoms with van der Waals surface area (Å²) in [5, 5.41) is 3.10. The summed E-state index contributed by atoms with van der Waals surface area (Å²) >= 11 is 0. The van der Waals surface area contributed by atoms with Crippen LogP contribution in [0.2, 0.25) is 0 Å². The number of ether oxygens (including phenoxy) is 2. The molecule has 0 amide bonds. The van der Waals surface area contributed by atoms with Crippen LogP contribution in [0, 0.1) is 11.6 Å². The Hall–Kier alpha value is -1.20. The molecule has 1 atom stereocenters. The average molecular weight is 273 g/mol. The Morgan fingerprint density at radius 3 is 2.21 bits per heavy atom. The van der Waals surface area contributed by atoms with Crippen LogP contribution in [-0.4, -0.2) is 25.9 Å². The van der Waals surface area contributed by atoms with Gasteiger partial charge in [-0.25, -0.2) is 8.78 Å². The predicted octanol–water partition coefficient (Wildman–Crippen LogP) is 2.88. The molecule has 0 aliphatic rings. The first kappa shape index (κ1) is 15.9. The van der Waals surface area contributed by atoms with Gasteiger partial charge in [0.2, 0.25) is 0 Å². The maximum atomic E-state index is 13.8. The molecule has 19 heavy (non-hydrogen) atoms. The van der Waals surface area contributed by atoms with Crippen molar-refractivity contribution in [1.82, 2.24) is 5.32 Å². The maximum absolute atomic E-state index is 13.8. The molecule has 1 N–H and O–H groups in total. The number of methoxy groups -OCH3 is 1. The van der Waals surface area contributed by atoms with Gasteiger partial charge in [0.05, 0.1) is 6.61 Å². The van der Waals surface area contributed by atoms with Crippen LogP contribution in [0.15, 0.2) is 12.1 Å². The minimum atomic E-state index is -0.691. The number of hydrogen-bond acceptors (Lipinski definition) is 3. The lowest BCUT2D eigenvalue weighted by Crippen LogP contribution is -2.22. The van der Waals surface area contributed by atoms with Gasteiger partial charge < -0.3 is 14.8 Å². The highest BCUT2D eigenvalue weighted by atomic mass is 19.1. The second-order valence-electron chi connectivity index (χ2n) is 4.81. The smallest absolute Gasteiger partial charge is 0.191 e. The Bertz CT molecular complexity index is 387. The van der Waals surface area contributed by atoms with Crippen LogP contribution < -0.4 is 10.1 Å². The lowest BCUT2D eigenvalue weighted by molar-refractivity contribution is 0.0862. The number of nitrogens with one attached hydrogen (secondary N) is 1. The Balaban J connectivity index is 2.79. The van der Waals surface area contributed by atoms with E-state index in [1.165, 1.54) is 19.2 Å². The van der Waals surface area contributed by atoms with Crippen LogP contribution in [-0.2, 0) is 11.3 Å². The molecule has 3 nitrogen and oxygen atoms in total. The molecule has 1 aromatic rings. The quantitative estimate of drug-likeness (QED) is 0.828. The molecule has 0 radical (unpaired) electrons. The summed E-state index contributed by atoms with van der Waals surface area (Å²) in [7, 11) is 1.51. The fraction of sp³-hybridized carbons (Fsp3) is 0.571. The Morgan fingerprint density at radius 2 is 1.74 bits per heavy atom. The number of hydrogen-bond donors (Lipinski definition) is 1. The standard InChI is InChI=1S/C14H21F2NO2/c1-9(2)17-7-11-5-12(15)14(13(16)6-11)19-10(3)8-18-4/h5-6,9-10,17H,7-8H2,1-4H3. The fourth-order valence-electron chi connectivity index (χ4n) is 1.62. The van der Waals surface area contributed by atoms with Gasteiger partial charge in [0.25, 0.3) is 0 Å². The van der Waals surface area contributed by atoms with E-state index in [1.54, 1.807) is 6.92 Å². The van der Waals surface area contributed by atoms with E-state index in [2.05, 4.69) is 5.32 Å². The van der Waals surface area contributed by atoms with Crippen molar-refractivity contribution in [3.05, 3.63) is 29.3 Å². The van der Waals surface area contributed by atoms with Crippen LogP contribution in [0.5, 0.6) is 5.75 Å². The van der Waals surface area contributed by atoms with E-state index in [4.69, 9.17) is 9.47 Å². The van der Waals surface area contributed by atoms with Crippen molar-refractivity contribution < 1.29 is 18.3 Å². The summed E-state index contributed by atoms with van der Waals surface area (Å²) in [4.78, 5) is 0. The lowest BCUT2D eigenvalue weighted by Gasteiger charge is -2.16. The third kappa shape index (κ3) is 5.12. The summed E-state index contributed by atoms with van der Waals surface area (Å²) in [6, 6.07) is 2.82. The third-order valence-electron chi connectivity index (χ3n) is 2.49. The minimum absolute atomic E-state index is 0.253. The zero-order valence-electron chi connectivity index (χ0n) is 11.8. The molecule has 0 saturated carbocycles. The van der Waals surface area contributed by atoms with Crippen LogP contribution in [0.1, 0.15) is 26.3 Å². The highest BCUT2D eigenvalue weighted by Gasteiger charge is 2.15. The molecular weight excluding hydrogens is 252 g/mol. The van der Waals surface area contributed by atoms with Crippen molar-refractivity contribution in [3.63, 3.8) is 0 Å². The van der Waals surface area contributed by atoms with Crippen LogP contribution >= 0.6 is 0 Å². The normalized spacial score (nSPS) is 12.8. The summed E-state index contributed by atoms with van der Waals surface area (Å²) in [5.74, 6) is -1.73. The topological polar surface area (TPSA) is 30.5 Å². The molecule has 5 heteroatoms. The van der Waals surface area contributed by atoms with Crippen molar-refractivity contribution in [2.75, 3.05) is 13.7 Å². The molecule has 0 spiro atoms. The highest BCUT2D eigenvalue weighted by molar-refractivity contribution is 5.31. The zero-order chi connectivity index (χ0) is 14.4. The molecule has 0 aromatic heterocycles. The molecule has 1 rings (SSSR count). The summed E-state index contributed by atoms with van der Waals surface area (Å²) in [6.45, 7) is 6.32. The first-order chi connectivity index (χ1) is 8.93. The van der Waals surface area contributed by atoms with Crippen molar-refractivity contribution >= 4 is 0 Å². The van der Waals surface area contributed by atoms with Crippen LogP contribution in [0.3, 0.4) is 0 Å². The molecule has 0 aliphatic heterocycles. The molecule has 108 valence electrons. The number of benzene rings is 1. The summed E-state index contributed by atoms with van der Waals surface area (Å²) in [6.07, 6.45) is -0.409. The largest absolute Gasteiger partial charge is 0.482 e. The lowest BCUT2D eigenvalue weighted by atomic mass is 10.2. The Kier molecular flexibility index (Phi) is 6.18. The summed E-state index contributed by atoms with van der Waals surface area (Å²) < 4.78 is 37.7. The van der Waals surface area contributed by atoms with Gasteiger partial charge in [-0.05, 0) is 24.6 Å². The second-order valence-corrected chi connectivity index (χ2v) is 4.81. The van der Waals surface area contributed by atoms with Crippen LogP contribution in [0.4, 0.5) is 8.78 Å². The minimum Gasteiger partial charge on any atom is -0.482 e. The number of halogens is 2. The van der Waals surface area contributed by atoms with Gasteiger partial charge in [0, 0.05) is 19.7 Å². The van der Waals surface area contributed by atoms with E-state index in [0.29, 0.717) is 12.1 Å². The predicted molar refractivity (Wildman–Crippen MR) is 70.3 cm³/mol. The zero-order valence-corrected chi connectivity index (χ0v) is 11.8. The Morgan fingerprint density at radius 1 is 1.16 bits per heavy atom. The Labute approximate surface area is 112 Å². The molecule has 0 saturated heterocycles. The van der Waals surface area contributed by atoms with E-state index in [0.717, 1.165) is 0 Å². The van der Waals surface area contributed by atoms with Gasteiger partial charge in [-0.1, -0.05) is 13.8 Å². The van der Waals surface area contributed by atoms with Crippen LogP contribution in [0.25, 0.3) is 0 Å². The molecular formula is C14H21F2NO2. The van der Waals surface area contributed by atoms with Gasteiger partial charge in [0.1, 0.15) is 6.10 Å². The van der Waals surface area contributed by atoms with E-state index >= 15 is 0 Å². The van der Waals surface area contributed by atoms with Crippen molar-refractivity contribution in [2.24, 2.45) is 0 Å². The summed E-state index contributed by atoms with van der Waals surface area (Å²) in [5.41, 5.74) is 0.551. The maximum Gasteiger partial charge on any atom is 0.191 e. The number of rotatable bonds is 7. The molecule has 0 aliphatic carbocycles. The van der Waals surface area contributed by atoms with E-state index in [9.17, 15) is 8.78 Å². The van der Waals surface area contributed by atoms with E-state index in [-0.39, 0.29) is 18.4 Å². The van der Waals surface area contributed by atoms with Gasteiger partial charge in [-0.2, -0.15) is 0 Å².